The molecule has 0 N–H and O–H groups in total. The zero-order valence-electron chi connectivity index (χ0n) is 19.8. The van der Waals surface area contributed by atoms with E-state index in [1.807, 2.05) is 84.9 Å². The van der Waals surface area contributed by atoms with Crippen LogP contribution in [0.25, 0.3) is 11.0 Å². The molecule has 0 spiro atoms. The Morgan fingerprint density at radius 2 is 1.49 bits per heavy atom. The zero-order valence-corrected chi connectivity index (χ0v) is 20.5. The quantitative estimate of drug-likeness (QED) is 0.254. The summed E-state index contributed by atoms with van der Waals surface area (Å²) in [7, 11) is 0. The average molecular weight is 508 g/mol. The molecule has 1 unspecified atom stereocenters. The lowest BCUT2D eigenvalue weighted by molar-refractivity contribution is 0.0714. The van der Waals surface area contributed by atoms with Crippen LogP contribution in [-0.2, 0) is 13.2 Å². The molecule has 0 radical (unpaired) electrons. The van der Waals surface area contributed by atoms with Gasteiger partial charge >= 0.3 is 0 Å². The SMILES string of the molecule is O=C1c2oc3ccc(Cl)cc3c(=O)c2C(c2ccc(OCc3ccccc3)cc2)N1Cc1ccccc1. The molecule has 0 saturated carbocycles. The fourth-order valence-corrected chi connectivity index (χ4v) is 4.94. The summed E-state index contributed by atoms with van der Waals surface area (Å²) >= 11 is 6.18. The molecule has 1 atom stereocenters. The van der Waals surface area contributed by atoms with Crippen molar-refractivity contribution in [1.29, 1.82) is 0 Å². The van der Waals surface area contributed by atoms with E-state index >= 15 is 0 Å². The van der Waals surface area contributed by atoms with E-state index in [2.05, 4.69) is 0 Å². The number of amides is 1. The molecule has 1 aliphatic heterocycles. The molecule has 182 valence electrons. The van der Waals surface area contributed by atoms with Gasteiger partial charge in [-0.3, -0.25) is 9.59 Å². The van der Waals surface area contributed by atoms with E-state index in [9.17, 15) is 9.59 Å². The summed E-state index contributed by atoms with van der Waals surface area (Å²) in [5, 5.41) is 0.787. The number of rotatable bonds is 6. The van der Waals surface area contributed by atoms with Crippen molar-refractivity contribution in [3.8, 4) is 5.75 Å². The highest BCUT2D eigenvalue weighted by Crippen LogP contribution is 2.39. The molecule has 4 aromatic carbocycles. The van der Waals surface area contributed by atoms with E-state index in [1.54, 1.807) is 23.1 Å². The summed E-state index contributed by atoms with van der Waals surface area (Å²) in [5.74, 6) is 0.455. The second kappa shape index (κ2) is 9.60. The Kier molecular flexibility index (Phi) is 5.99. The second-order valence-corrected chi connectivity index (χ2v) is 9.42. The smallest absolute Gasteiger partial charge is 0.291 e. The van der Waals surface area contributed by atoms with Gasteiger partial charge in [0.05, 0.1) is 17.0 Å². The Labute approximate surface area is 218 Å². The number of nitrogens with zero attached hydrogens (tertiary/aromatic N) is 1. The van der Waals surface area contributed by atoms with E-state index in [0.29, 0.717) is 40.5 Å². The van der Waals surface area contributed by atoms with Gasteiger partial charge in [-0.05, 0) is 47.0 Å². The summed E-state index contributed by atoms with van der Waals surface area (Å²) in [4.78, 5) is 29.0. The summed E-state index contributed by atoms with van der Waals surface area (Å²) < 4.78 is 12.0. The van der Waals surface area contributed by atoms with Gasteiger partial charge in [0, 0.05) is 11.6 Å². The predicted octanol–water partition coefficient (Wildman–Crippen LogP) is 6.77. The van der Waals surface area contributed by atoms with Crippen molar-refractivity contribution in [1.82, 2.24) is 4.90 Å². The Hall–Kier alpha value is -4.35. The number of halogens is 1. The van der Waals surface area contributed by atoms with E-state index in [1.165, 1.54) is 0 Å². The van der Waals surface area contributed by atoms with Crippen LogP contribution < -0.4 is 10.2 Å². The molecular weight excluding hydrogens is 486 g/mol. The van der Waals surface area contributed by atoms with Crippen LogP contribution in [0.4, 0.5) is 0 Å². The molecule has 0 fully saturated rings. The second-order valence-electron chi connectivity index (χ2n) is 8.98. The van der Waals surface area contributed by atoms with Crippen molar-refractivity contribution in [2.75, 3.05) is 0 Å². The van der Waals surface area contributed by atoms with Gasteiger partial charge in [-0.15, -0.1) is 0 Å². The van der Waals surface area contributed by atoms with Crippen LogP contribution in [0, 0.1) is 0 Å². The number of ether oxygens (including phenoxy) is 1. The lowest BCUT2D eigenvalue weighted by Crippen LogP contribution is -2.29. The Balaban J connectivity index is 1.41. The molecule has 37 heavy (non-hydrogen) atoms. The molecule has 5 nitrogen and oxygen atoms in total. The largest absolute Gasteiger partial charge is 0.489 e. The maximum atomic E-state index is 13.7. The highest BCUT2D eigenvalue weighted by atomic mass is 35.5. The van der Waals surface area contributed by atoms with E-state index in [4.69, 9.17) is 20.8 Å². The third-order valence-corrected chi connectivity index (χ3v) is 6.80. The number of carbonyl (C=O) groups is 1. The number of benzene rings is 4. The summed E-state index contributed by atoms with van der Waals surface area (Å²) in [5.41, 5.74) is 3.23. The lowest BCUT2D eigenvalue weighted by atomic mass is 9.98. The van der Waals surface area contributed by atoms with Gasteiger partial charge in [-0.25, -0.2) is 0 Å². The Bertz CT molecular complexity index is 1650. The van der Waals surface area contributed by atoms with Crippen molar-refractivity contribution in [3.05, 3.63) is 146 Å². The first-order valence-corrected chi connectivity index (χ1v) is 12.3. The average Bonchev–Trinajstić information content (AvgIpc) is 3.21. The Morgan fingerprint density at radius 1 is 0.811 bits per heavy atom. The minimum Gasteiger partial charge on any atom is -0.489 e. The van der Waals surface area contributed by atoms with Crippen LogP contribution in [0.2, 0.25) is 5.02 Å². The predicted molar refractivity (Wildman–Crippen MR) is 143 cm³/mol. The third-order valence-electron chi connectivity index (χ3n) is 6.57. The first kappa shape index (κ1) is 23.1. The molecule has 1 amide bonds. The van der Waals surface area contributed by atoms with Gasteiger partial charge in [0.25, 0.3) is 5.91 Å². The normalized spacial score (nSPS) is 14.7. The van der Waals surface area contributed by atoms with Crippen LogP contribution in [0.5, 0.6) is 5.75 Å². The van der Waals surface area contributed by atoms with E-state index in [-0.39, 0.29) is 17.1 Å². The maximum absolute atomic E-state index is 13.7. The molecule has 1 aromatic heterocycles. The third kappa shape index (κ3) is 4.39. The highest BCUT2D eigenvalue weighted by Gasteiger charge is 2.42. The molecule has 5 aromatic rings. The van der Waals surface area contributed by atoms with Crippen LogP contribution in [0.15, 0.2) is 112 Å². The van der Waals surface area contributed by atoms with Crippen LogP contribution in [-0.4, -0.2) is 10.8 Å². The Morgan fingerprint density at radius 3 is 2.19 bits per heavy atom. The number of hydrogen-bond acceptors (Lipinski definition) is 4. The van der Waals surface area contributed by atoms with Crippen LogP contribution in [0.1, 0.15) is 38.9 Å². The van der Waals surface area contributed by atoms with Crippen molar-refractivity contribution in [2.24, 2.45) is 0 Å². The lowest BCUT2D eigenvalue weighted by Gasteiger charge is -2.25. The van der Waals surface area contributed by atoms with Crippen LogP contribution >= 0.6 is 11.6 Å². The number of fused-ring (bicyclic) bond motifs is 2. The highest BCUT2D eigenvalue weighted by molar-refractivity contribution is 6.31. The molecule has 2 heterocycles. The van der Waals surface area contributed by atoms with Gasteiger partial charge in [0.2, 0.25) is 5.76 Å². The molecule has 1 aliphatic rings. The minimum absolute atomic E-state index is 0.0742. The molecule has 0 saturated heterocycles. The first-order chi connectivity index (χ1) is 18.1. The molecule has 0 aliphatic carbocycles. The van der Waals surface area contributed by atoms with E-state index in [0.717, 1.165) is 16.7 Å². The molecule has 0 bridgehead atoms. The van der Waals surface area contributed by atoms with Gasteiger partial charge in [0.15, 0.2) is 5.43 Å². The fourth-order valence-electron chi connectivity index (χ4n) is 4.77. The van der Waals surface area contributed by atoms with Crippen molar-refractivity contribution in [2.45, 2.75) is 19.2 Å². The monoisotopic (exact) mass is 507 g/mol. The van der Waals surface area contributed by atoms with Gasteiger partial charge in [-0.1, -0.05) is 84.4 Å². The molecule has 6 rings (SSSR count). The van der Waals surface area contributed by atoms with Gasteiger partial charge in [0.1, 0.15) is 17.9 Å². The topological polar surface area (TPSA) is 59.8 Å². The summed E-state index contributed by atoms with van der Waals surface area (Å²) in [6.07, 6.45) is 0. The summed E-state index contributed by atoms with van der Waals surface area (Å²) in [6.45, 7) is 0.777. The number of hydrogen-bond donors (Lipinski definition) is 0. The van der Waals surface area contributed by atoms with Crippen molar-refractivity contribution in [3.63, 3.8) is 0 Å². The van der Waals surface area contributed by atoms with Crippen molar-refractivity contribution < 1.29 is 13.9 Å². The van der Waals surface area contributed by atoms with E-state index < -0.39 is 6.04 Å². The minimum atomic E-state index is -0.606. The number of carbonyl (C=O) groups excluding carboxylic acids is 1. The molecule has 6 heteroatoms. The first-order valence-electron chi connectivity index (χ1n) is 12.0. The van der Waals surface area contributed by atoms with Gasteiger partial charge < -0.3 is 14.1 Å². The zero-order chi connectivity index (χ0) is 25.4. The summed E-state index contributed by atoms with van der Waals surface area (Å²) in [6, 6.07) is 31.4. The van der Waals surface area contributed by atoms with Crippen LogP contribution in [0.3, 0.4) is 0 Å². The fraction of sp³-hybridized carbons (Fsp3) is 0.0968. The standard InChI is InChI=1S/C31H22ClNO4/c32-23-13-16-26-25(17-23)29(34)27-28(33(31(35)30(27)37-26)18-20-7-3-1-4-8-20)22-11-14-24(15-12-22)36-19-21-9-5-2-6-10-21/h1-17,28H,18-19H2. The van der Waals surface area contributed by atoms with Crippen molar-refractivity contribution >= 4 is 28.5 Å². The molecular formula is C31H22ClNO4. The maximum Gasteiger partial charge on any atom is 0.291 e. The van der Waals surface area contributed by atoms with Gasteiger partial charge in [-0.2, -0.15) is 0 Å².